The molecule has 0 saturated heterocycles. The largest absolute Gasteiger partial charge is 0.456 e. The summed E-state index contributed by atoms with van der Waals surface area (Å²) in [5.41, 5.74) is 8.78. The Hall–Kier alpha value is -6.44. The molecule has 10 aromatic rings. The summed E-state index contributed by atoms with van der Waals surface area (Å²) in [6, 6.07) is 51.2. The molecular formula is C48H30O. The molecule has 49 heavy (non-hydrogen) atoms. The molecule has 0 radical (unpaired) electrons. The lowest BCUT2D eigenvalue weighted by atomic mass is 9.84. The first-order chi connectivity index (χ1) is 26.4. The van der Waals surface area contributed by atoms with Gasteiger partial charge in [0.1, 0.15) is 11.2 Å². The maximum atomic E-state index is 8.55. The second-order valence-electron chi connectivity index (χ2n) is 12.4. The fourth-order valence-electron chi connectivity index (χ4n) is 7.63. The molecule has 1 heterocycles. The summed E-state index contributed by atoms with van der Waals surface area (Å²) in [5, 5.41) is 8.83. The minimum Gasteiger partial charge on any atom is -0.456 e. The summed E-state index contributed by atoms with van der Waals surface area (Å²) in [4.78, 5) is 0. The molecule has 9 aromatic carbocycles. The van der Waals surface area contributed by atoms with Gasteiger partial charge in [0.2, 0.25) is 0 Å². The van der Waals surface area contributed by atoms with Gasteiger partial charge in [-0.15, -0.1) is 0 Å². The monoisotopic (exact) mass is 627 g/mol. The van der Waals surface area contributed by atoms with Crippen LogP contribution in [-0.2, 0) is 0 Å². The molecule has 0 bridgehead atoms. The Morgan fingerprint density at radius 2 is 0.980 bits per heavy atom. The van der Waals surface area contributed by atoms with E-state index in [0.717, 1.165) is 49.0 Å². The van der Waals surface area contributed by atoms with Crippen molar-refractivity contribution in [3.8, 4) is 44.5 Å². The average Bonchev–Trinajstić information content (AvgIpc) is 3.59. The summed E-state index contributed by atoms with van der Waals surface area (Å²) < 4.78 is 48.1. The van der Waals surface area contributed by atoms with Gasteiger partial charge in [0.05, 0.1) is 6.85 Å². The highest BCUT2D eigenvalue weighted by atomic mass is 16.3. The van der Waals surface area contributed by atoms with Crippen LogP contribution < -0.4 is 0 Å². The second kappa shape index (κ2) is 11.1. The molecule has 0 atom stereocenters. The predicted molar refractivity (Wildman–Crippen MR) is 208 cm³/mol. The van der Waals surface area contributed by atoms with E-state index >= 15 is 0 Å². The van der Waals surface area contributed by atoms with Gasteiger partial charge in [-0.1, -0.05) is 158 Å². The molecule has 1 aromatic heterocycles. The van der Waals surface area contributed by atoms with Crippen molar-refractivity contribution in [3.63, 3.8) is 0 Å². The lowest BCUT2D eigenvalue weighted by molar-refractivity contribution is 0.669. The van der Waals surface area contributed by atoms with Crippen LogP contribution in [0, 0.1) is 0 Å². The first-order valence-corrected chi connectivity index (χ1v) is 16.4. The first-order valence-electron chi connectivity index (χ1n) is 18.9. The topological polar surface area (TPSA) is 13.1 Å². The average molecular weight is 628 g/mol. The molecule has 0 fully saturated rings. The molecule has 0 spiro atoms. The molecule has 0 saturated carbocycles. The van der Waals surface area contributed by atoms with Crippen LogP contribution >= 0.6 is 0 Å². The van der Waals surface area contributed by atoms with Crippen molar-refractivity contribution in [2.45, 2.75) is 0 Å². The van der Waals surface area contributed by atoms with Crippen molar-refractivity contribution in [1.29, 1.82) is 0 Å². The standard InChI is InChI=1S/C48H30O/c1-2-13-31(14-3-1)33-27-28-42-45(30-33)49-44-26-12-25-43(48(42)44)47-40-22-8-6-20-38(40)46(39-21-7-9-23-41(39)47)35-18-10-17-34(29-35)37-24-11-16-32-15-4-5-19-36(32)37/h1-30H/i1D,2D,3D,13D,14D. The van der Waals surface area contributed by atoms with Crippen molar-refractivity contribution in [3.05, 3.63) is 182 Å². The molecular weight excluding hydrogens is 593 g/mol. The van der Waals surface area contributed by atoms with Crippen LogP contribution in [0.15, 0.2) is 186 Å². The van der Waals surface area contributed by atoms with Gasteiger partial charge in [-0.3, -0.25) is 0 Å². The zero-order valence-corrected chi connectivity index (χ0v) is 26.3. The third-order valence-corrected chi connectivity index (χ3v) is 9.74. The SMILES string of the molecule is [2H]c1c([2H])c([2H])c(-c2ccc3c(c2)oc2cccc(-c4c5ccccc5c(-c5cccc(-c6cccc7ccccc67)c5)c5ccccc45)c23)c([2H])c1[2H]. The van der Waals surface area contributed by atoms with Crippen LogP contribution in [-0.4, -0.2) is 0 Å². The lowest BCUT2D eigenvalue weighted by Gasteiger charge is -2.19. The number of hydrogen-bond donors (Lipinski definition) is 0. The zero-order chi connectivity index (χ0) is 36.7. The fraction of sp³-hybridized carbons (Fsp3) is 0. The van der Waals surface area contributed by atoms with Gasteiger partial charge in [0.15, 0.2) is 0 Å². The van der Waals surface area contributed by atoms with Crippen LogP contribution in [0.1, 0.15) is 6.85 Å². The van der Waals surface area contributed by atoms with E-state index < -0.39 is 6.04 Å². The Kier molecular flexibility index (Phi) is 5.20. The molecule has 0 amide bonds. The van der Waals surface area contributed by atoms with E-state index in [-0.39, 0.29) is 29.7 Å². The van der Waals surface area contributed by atoms with Crippen molar-refractivity contribution >= 4 is 54.3 Å². The van der Waals surface area contributed by atoms with Crippen molar-refractivity contribution in [2.75, 3.05) is 0 Å². The smallest absolute Gasteiger partial charge is 0.136 e. The number of fused-ring (bicyclic) bond motifs is 6. The maximum Gasteiger partial charge on any atom is 0.136 e. The van der Waals surface area contributed by atoms with Crippen LogP contribution in [0.4, 0.5) is 0 Å². The summed E-state index contributed by atoms with van der Waals surface area (Å²) in [6.45, 7) is 0. The van der Waals surface area contributed by atoms with Gasteiger partial charge in [0, 0.05) is 10.8 Å². The van der Waals surface area contributed by atoms with Crippen LogP contribution in [0.25, 0.3) is 98.8 Å². The van der Waals surface area contributed by atoms with Crippen LogP contribution in [0.5, 0.6) is 0 Å². The quantitative estimate of drug-likeness (QED) is 0.177. The summed E-state index contributed by atoms with van der Waals surface area (Å²) in [7, 11) is 0. The van der Waals surface area contributed by atoms with Crippen molar-refractivity contribution in [2.24, 2.45) is 0 Å². The summed E-state index contributed by atoms with van der Waals surface area (Å²) in [5.74, 6) is 0. The molecule has 0 unspecified atom stereocenters. The zero-order valence-electron chi connectivity index (χ0n) is 31.3. The maximum absolute atomic E-state index is 8.55. The Labute approximate surface area is 291 Å². The highest BCUT2D eigenvalue weighted by Gasteiger charge is 2.20. The predicted octanol–water partition coefficient (Wildman–Crippen LogP) is 13.7. The molecule has 0 N–H and O–H groups in total. The van der Waals surface area contributed by atoms with Crippen molar-refractivity contribution < 1.29 is 11.3 Å². The van der Waals surface area contributed by atoms with E-state index in [9.17, 15) is 0 Å². The van der Waals surface area contributed by atoms with E-state index in [1.807, 2.05) is 24.3 Å². The van der Waals surface area contributed by atoms with E-state index in [0.29, 0.717) is 16.7 Å². The van der Waals surface area contributed by atoms with Gasteiger partial charge in [-0.05, 0) is 101 Å². The Bertz CT molecular complexity index is 3090. The van der Waals surface area contributed by atoms with Gasteiger partial charge in [0.25, 0.3) is 0 Å². The molecule has 0 aliphatic heterocycles. The van der Waals surface area contributed by atoms with E-state index in [4.69, 9.17) is 11.3 Å². The number of hydrogen-bond acceptors (Lipinski definition) is 1. The molecule has 10 rings (SSSR count). The normalized spacial score (nSPS) is 13.1. The number of benzene rings is 9. The highest BCUT2D eigenvalue weighted by molar-refractivity contribution is 6.25. The third kappa shape index (κ3) is 4.40. The van der Waals surface area contributed by atoms with Gasteiger partial charge in [-0.2, -0.15) is 0 Å². The van der Waals surface area contributed by atoms with Gasteiger partial charge >= 0.3 is 0 Å². The minimum atomic E-state index is -0.411. The molecule has 1 nitrogen and oxygen atoms in total. The molecule has 228 valence electrons. The first kappa shape index (κ1) is 23.0. The Balaban J connectivity index is 1.21. The van der Waals surface area contributed by atoms with E-state index in [1.165, 1.54) is 27.5 Å². The van der Waals surface area contributed by atoms with Crippen molar-refractivity contribution in [1.82, 2.24) is 0 Å². The third-order valence-electron chi connectivity index (χ3n) is 9.74. The molecule has 0 aliphatic carbocycles. The second-order valence-corrected chi connectivity index (χ2v) is 12.4. The number of rotatable bonds is 4. The fourth-order valence-corrected chi connectivity index (χ4v) is 7.63. The number of furan rings is 1. The van der Waals surface area contributed by atoms with E-state index in [1.54, 1.807) is 6.07 Å². The Morgan fingerprint density at radius 3 is 1.76 bits per heavy atom. The van der Waals surface area contributed by atoms with Gasteiger partial charge < -0.3 is 4.42 Å². The minimum absolute atomic E-state index is 0.153. The van der Waals surface area contributed by atoms with Crippen LogP contribution in [0.2, 0.25) is 0 Å². The van der Waals surface area contributed by atoms with E-state index in [2.05, 4.69) is 121 Å². The highest BCUT2D eigenvalue weighted by Crippen LogP contribution is 2.47. The lowest BCUT2D eigenvalue weighted by Crippen LogP contribution is -1.91. The molecule has 0 aliphatic rings. The summed E-state index contributed by atoms with van der Waals surface area (Å²) >= 11 is 0. The van der Waals surface area contributed by atoms with Gasteiger partial charge in [-0.25, -0.2) is 0 Å². The Morgan fingerprint density at radius 1 is 0.367 bits per heavy atom. The summed E-state index contributed by atoms with van der Waals surface area (Å²) in [6.07, 6.45) is 0. The molecule has 1 heteroatoms. The van der Waals surface area contributed by atoms with Crippen LogP contribution in [0.3, 0.4) is 0 Å².